The SMILES string of the molecule is CCN(CC)c1ccccc1C(=O)Cl. The maximum Gasteiger partial charge on any atom is 0.254 e. The molecule has 0 unspecified atom stereocenters. The smallest absolute Gasteiger partial charge is 0.254 e. The Labute approximate surface area is 89.5 Å². The van der Waals surface area contributed by atoms with Gasteiger partial charge in [0.1, 0.15) is 0 Å². The van der Waals surface area contributed by atoms with Crippen molar-refractivity contribution in [2.75, 3.05) is 18.0 Å². The third kappa shape index (κ3) is 2.26. The van der Waals surface area contributed by atoms with Crippen molar-refractivity contribution in [3.63, 3.8) is 0 Å². The quantitative estimate of drug-likeness (QED) is 0.714. The van der Waals surface area contributed by atoms with Gasteiger partial charge in [-0.25, -0.2) is 0 Å². The molecule has 1 aromatic carbocycles. The predicted octanol–water partition coefficient (Wildman–Crippen LogP) is 2.91. The van der Waals surface area contributed by atoms with E-state index in [-0.39, 0.29) is 0 Å². The number of benzene rings is 1. The second kappa shape index (κ2) is 5.01. The van der Waals surface area contributed by atoms with E-state index in [2.05, 4.69) is 18.7 Å². The highest BCUT2D eigenvalue weighted by Gasteiger charge is 2.11. The first-order valence-electron chi connectivity index (χ1n) is 4.74. The van der Waals surface area contributed by atoms with Crippen LogP contribution in [-0.2, 0) is 0 Å². The van der Waals surface area contributed by atoms with Crippen LogP contribution >= 0.6 is 11.6 Å². The van der Waals surface area contributed by atoms with E-state index in [0.717, 1.165) is 18.8 Å². The number of nitrogens with zero attached hydrogens (tertiary/aromatic N) is 1. The molecule has 0 aliphatic rings. The summed E-state index contributed by atoms with van der Waals surface area (Å²) in [7, 11) is 0. The zero-order chi connectivity index (χ0) is 10.6. The van der Waals surface area contributed by atoms with Crippen molar-refractivity contribution in [3.8, 4) is 0 Å². The van der Waals surface area contributed by atoms with E-state index in [4.69, 9.17) is 11.6 Å². The molecule has 0 bridgehead atoms. The van der Waals surface area contributed by atoms with Crippen molar-refractivity contribution in [2.45, 2.75) is 13.8 Å². The Balaban J connectivity index is 3.11. The molecular formula is C11H14ClNO. The number of hydrogen-bond acceptors (Lipinski definition) is 2. The normalized spacial score (nSPS) is 9.93. The van der Waals surface area contributed by atoms with Crippen LogP contribution in [0, 0.1) is 0 Å². The molecule has 0 aliphatic carbocycles. The van der Waals surface area contributed by atoms with Crippen LogP contribution in [-0.4, -0.2) is 18.3 Å². The summed E-state index contributed by atoms with van der Waals surface area (Å²) in [5.41, 5.74) is 1.50. The van der Waals surface area contributed by atoms with Crippen LogP contribution in [0.15, 0.2) is 24.3 Å². The lowest BCUT2D eigenvalue weighted by molar-refractivity contribution is 0.108. The predicted molar refractivity (Wildman–Crippen MR) is 60.2 cm³/mol. The average molecular weight is 212 g/mol. The number of rotatable bonds is 4. The van der Waals surface area contributed by atoms with Gasteiger partial charge in [0.15, 0.2) is 0 Å². The van der Waals surface area contributed by atoms with Crippen molar-refractivity contribution in [2.24, 2.45) is 0 Å². The number of para-hydroxylation sites is 1. The van der Waals surface area contributed by atoms with Gasteiger partial charge in [0.2, 0.25) is 0 Å². The Morgan fingerprint density at radius 3 is 2.36 bits per heavy atom. The zero-order valence-electron chi connectivity index (χ0n) is 8.46. The molecule has 0 saturated carbocycles. The lowest BCUT2D eigenvalue weighted by atomic mass is 10.1. The van der Waals surface area contributed by atoms with E-state index >= 15 is 0 Å². The third-order valence-electron chi connectivity index (χ3n) is 2.22. The van der Waals surface area contributed by atoms with Crippen LogP contribution in [0.3, 0.4) is 0 Å². The van der Waals surface area contributed by atoms with Crippen molar-refractivity contribution in [1.82, 2.24) is 0 Å². The molecule has 14 heavy (non-hydrogen) atoms. The fraction of sp³-hybridized carbons (Fsp3) is 0.364. The Morgan fingerprint density at radius 1 is 1.29 bits per heavy atom. The first kappa shape index (κ1) is 11.1. The van der Waals surface area contributed by atoms with E-state index in [0.29, 0.717) is 5.56 Å². The molecule has 76 valence electrons. The number of halogens is 1. The highest BCUT2D eigenvalue weighted by molar-refractivity contribution is 6.68. The number of carbonyl (C=O) groups excluding carboxylic acids is 1. The molecule has 3 heteroatoms. The summed E-state index contributed by atoms with van der Waals surface area (Å²) in [5.74, 6) is 0. The maximum absolute atomic E-state index is 11.1. The molecule has 0 radical (unpaired) electrons. The molecule has 0 heterocycles. The van der Waals surface area contributed by atoms with Gasteiger partial charge in [-0.05, 0) is 37.6 Å². The van der Waals surface area contributed by atoms with Crippen molar-refractivity contribution in [1.29, 1.82) is 0 Å². The average Bonchev–Trinajstić information content (AvgIpc) is 2.20. The van der Waals surface area contributed by atoms with Crippen molar-refractivity contribution >= 4 is 22.5 Å². The fourth-order valence-electron chi connectivity index (χ4n) is 1.48. The molecule has 0 saturated heterocycles. The molecule has 0 atom stereocenters. The highest BCUT2D eigenvalue weighted by Crippen LogP contribution is 2.21. The first-order chi connectivity index (χ1) is 6.70. The van der Waals surface area contributed by atoms with E-state index in [1.165, 1.54) is 0 Å². The molecule has 1 rings (SSSR count). The molecule has 0 aromatic heterocycles. The largest absolute Gasteiger partial charge is 0.371 e. The van der Waals surface area contributed by atoms with Crippen molar-refractivity contribution in [3.05, 3.63) is 29.8 Å². The minimum absolute atomic E-state index is 0.396. The number of anilines is 1. The molecule has 0 aliphatic heterocycles. The number of hydrogen-bond donors (Lipinski definition) is 0. The first-order valence-corrected chi connectivity index (χ1v) is 5.12. The van der Waals surface area contributed by atoms with E-state index < -0.39 is 5.24 Å². The number of carbonyl (C=O) groups is 1. The molecule has 1 aromatic rings. The summed E-state index contributed by atoms with van der Waals surface area (Å²) in [6.45, 7) is 5.85. The highest BCUT2D eigenvalue weighted by atomic mass is 35.5. The minimum Gasteiger partial charge on any atom is -0.371 e. The van der Waals surface area contributed by atoms with Gasteiger partial charge in [0.05, 0.1) is 5.56 Å². The zero-order valence-corrected chi connectivity index (χ0v) is 9.21. The summed E-state index contributed by atoms with van der Waals surface area (Å²) in [5, 5.41) is -0.396. The van der Waals surface area contributed by atoms with Gasteiger partial charge in [-0.2, -0.15) is 0 Å². The maximum atomic E-state index is 11.1. The Hall–Kier alpha value is -1.02. The van der Waals surface area contributed by atoms with Crippen LogP contribution in [0.5, 0.6) is 0 Å². The summed E-state index contributed by atoms with van der Waals surface area (Å²) in [4.78, 5) is 13.2. The summed E-state index contributed by atoms with van der Waals surface area (Å²) in [6.07, 6.45) is 0. The van der Waals surface area contributed by atoms with Gasteiger partial charge in [-0.15, -0.1) is 0 Å². The summed E-state index contributed by atoms with van der Waals surface area (Å²) in [6, 6.07) is 7.41. The standard InChI is InChI=1S/C11H14ClNO/c1-3-13(4-2)10-8-6-5-7-9(10)11(12)14/h5-8H,3-4H2,1-2H3. The third-order valence-corrected chi connectivity index (χ3v) is 2.42. The van der Waals surface area contributed by atoms with Gasteiger partial charge >= 0.3 is 0 Å². The topological polar surface area (TPSA) is 20.3 Å². The molecule has 0 fully saturated rings. The monoisotopic (exact) mass is 211 g/mol. The van der Waals surface area contributed by atoms with Crippen LogP contribution < -0.4 is 4.90 Å². The summed E-state index contributed by atoms with van der Waals surface area (Å²) >= 11 is 5.50. The second-order valence-corrected chi connectivity index (χ2v) is 3.31. The van der Waals surface area contributed by atoms with E-state index in [1.54, 1.807) is 6.07 Å². The van der Waals surface area contributed by atoms with Crippen LogP contribution in [0.25, 0.3) is 0 Å². The Morgan fingerprint density at radius 2 is 1.86 bits per heavy atom. The molecule has 0 N–H and O–H groups in total. The lowest BCUT2D eigenvalue weighted by Crippen LogP contribution is -2.23. The van der Waals surface area contributed by atoms with Crippen LogP contribution in [0.4, 0.5) is 5.69 Å². The van der Waals surface area contributed by atoms with Crippen LogP contribution in [0.1, 0.15) is 24.2 Å². The van der Waals surface area contributed by atoms with Crippen molar-refractivity contribution < 1.29 is 4.79 Å². The van der Waals surface area contributed by atoms with Gasteiger partial charge in [-0.1, -0.05) is 12.1 Å². The van der Waals surface area contributed by atoms with Gasteiger partial charge in [0, 0.05) is 18.8 Å². The second-order valence-electron chi connectivity index (χ2n) is 2.96. The van der Waals surface area contributed by atoms with E-state index in [9.17, 15) is 4.79 Å². The van der Waals surface area contributed by atoms with Gasteiger partial charge < -0.3 is 4.90 Å². The molecular weight excluding hydrogens is 198 g/mol. The molecule has 0 amide bonds. The molecule has 0 spiro atoms. The summed E-state index contributed by atoms with van der Waals surface area (Å²) < 4.78 is 0. The Bertz CT molecular complexity index is 321. The van der Waals surface area contributed by atoms with Gasteiger partial charge in [0.25, 0.3) is 5.24 Å². The van der Waals surface area contributed by atoms with Gasteiger partial charge in [-0.3, -0.25) is 4.79 Å². The molecule has 2 nitrogen and oxygen atoms in total. The fourth-order valence-corrected chi connectivity index (χ4v) is 1.64. The lowest BCUT2D eigenvalue weighted by Gasteiger charge is -2.22. The Kier molecular flexibility index (Phi) is 3.96. The van der Waals surface area contributed by atoms with Crippen LogP contribution in [0.2, 0.25) is 0 Å². The van der Waals surface area contributed by atoms with E-state index in [1.807, 2.05) is 18.2 Å². The minimum atomic E-state index is -0.396.